The fourth-order valence-corrected chi connectivity index (χ4v) is 1.55. The number of nitrogens with zero attached hydrogens (tertiary/aromatic N) is 1. The maximum atomic E-state index is 11.7. The van der Waals surface area contributed by atoms with Crippen molar-refractivity contribution in [2.75, 3.05) is 40.5 Å². The van der Waals surface area contributed by atoms with Crippen molar-refractivity contribution in [1.82, 2.24) is 10.2 Å². The van der Waals surface area contributed by atoms with Crippen molar-refractivity contribution < 1.29 is 19.1 Å². The molecule has 104 valence electrons. The van der Waals surface area contributed by atoms with E-state index < -0.39 is 0 Å². The number of nitrogens with one attached hydrogen (secondary N) is 1. The smallest absolute Gasteiger partial charge is 0.306 e. The Morgan fingerprint density at radius 1 is 1.28 bits per heavy atom. The zero-order chi connectivity index (χ0) is 13.4. The summed E-state index contributed by atoms with van der Waals surface area (Å²) in [5, 5.41) is 2.92. The molecule has 6 nitrogen and oxygen atoms in total. The maximum Gasteiger partial charge on any atom is 0.306 e. The van der Waals surface area contributed by atoms with Crippen LogP contribution < -0.4 is 5.32 Å². The number of carbonyl (C=O) groups excluding carboxylic acids is 2. The van der Waals surface area contributed by atoms with Crippen molar-refractivity contribution in [2.45, 2.75) is 25.3 Å². The van der Waals surface area contributed by atoms with Crippen LogP contribution in [0.3, 0.4) is 0 Å². The minimum atomic E-state index is -0.264. The Hall–Kier alpha value is -1.14. The third-order valence-corrected chi connectivity index (χ3v) is 2.78. The van der Waals surface area contributed by atoms with Crippen molar-refractivity contribution in [3.8, 4) is 0 Å². The Morgan fingerprint density at radius 2 is 2.00 bits per heavy atom. The van der Waals surface area contributed by atoms with Gasteiger partial charge < -0.3 is 14.8 Å². The van der Waals surface area contributed by atoms with E-state index in [9.17, 15) is 9.59 Å². The molecule has 0 saturated heterocycles. The van der Waals surface area contributed by atoms with Gasteiger partial charge in [0.2, 0.25) is 5.91 Å². The first-order valence-corrected chi connectivity index (χ1v) is 6.23. The van der Waals surface area contributed by atoms with Gasteiger partial charge in [-0.1, -0.05) is 0 Å². The summed E-state index contributed by atoms with van der Waals surface area (Å²) in [5.41, 5.74) is 0. The predicted octanol–water partition coefficient (Wildman–Crippen LogP) is -0.223. The molecule has 0 heterocycles. The number of carbonyl (C=O) groups is 2. The molecular weight excluding hydrogens is 236 g/mol. The molecule has 1 rings (SSSR count). The molecule has 0 aromatic rings. The molecule has 1 N–H and O–H groups in total. The van der Waals surface area contributed by atoms with Crippen LogP contribution in [-0.4, -0.2) is 63.3 Å². The summed E-state index contributed by atoms with van der Waals surface area (Å²) in [4.78, 5) is 24.7. The van der Waals surface area contributed by atoms with Crippen LogP contribution in [0.1, 0.15) is 19.3 Å². The minimum Gasteiger partial charge on any atom is -0.469 e. The minimum absolute atomic E-state index is 0.0125. The molecule has 0 bridgehead atoms. The van der Waals surface area contributed by atoms with Crippen LogP contribution in [0.25, 0.3) is 0 Å². The first-order valence-electron chi connectivity index (χ1n) is 6.23. The second-order valence-corrected chi connectivity index (χ2v) is 4.44. The number of rotatable bonds is 9. The number of esters is 1. The van der Waals surface area contributed by atoms with Crippen LogP contribution in [-0.2, 0) is 19.1 Å². The summed E-state index contributed by atoms with van der Waals surface area (Å²) in [5.74, 6) is -0.251. The molecular formula is C12H22N2O4. The van der Waals surface area contributed by atoms with Gasteiger partial charge in [0, 0.05) is 26.2 Å². The van der Waals surface area contributed by atoms with Gasteiger partial charge in [0.25, 0.3) is 0 Å². The van der Waals surface area contributed by atoms with Gasteiger partial charge in [0.15, 0.2) is 0 Å². The highest BCUT2D eigenvalue weighted by atomic mass is 16.5. The molecule has 0 aromatic heterocycles. The van der Waals surface area contributed by atoms with Gasteiger partial charge in [0.1, 0.15) is 0 Å². The van der Waals surface area contributed by atoms with Gasteiger partial charge in [-0.15, -0.1) is 0 Å². The average Bonchev–Trinajstić information content (AvgIpc) is 3.15. The summed E-state index contributed by atoms with van der Waals surface area (Å²) in [6.45, 7) is 1.98. The van der Waals surface area contributed by atoms with Crippen LogP contribution in [0.4, 0.5) is 0 Å². The third-order valence-electron chi connectivity index (χ3n) is 2.78. The van der Waals surface area contributed by atoms with E-state index in [4.69, 9.17) is 4.74 Å². The lowest BCUT2D eigenvalue weighted by molar-refractivity contribution is -0.141. The molecule has 1 amide bonds. The Balaban J connectivity index is 2.27. The SMILES string of the molecule is COCCN(CCC(=O)OC)CC(=O)NC1CC1. The maximum absolute atomic E-state index is 11.7. The fourth-order valence-electron chi connectivity index (χ4n) is 1.55. The molecule has 1 aliphatic rings. The van der Waals surface area contributed by atoms with E-state index in [0.717, 1.165) is 12.8 Å². The number of amides is 1. The first-order chi connectivity index (χ1) is 8.65. The highest BCUT2D eigenvalue weighted by Crippen LogP contribution is 2.18. The van der Waals surface area contributed by atoms with Crippen molar-refractivity contribution in [2.24, 2.45) is 0 Å². The summed E-state index contributed by atoms with van der Waals surface area (Å²) >= 11 is 0. The monoisotopic (exact) mass is 258 g/mol. The standard InChI is InChI=1S/C12H22N2O4/c1-17-8-7-14(6-5-12(16)18-2)9-11(15)13-10-3-4-10/h10H,3-9H2,1-2H3,(H,13,15). The second-order valence-electron chi connectivity index (χ2n) is 4.44. The molecule has 1 saturated carbocycles. The van der Waals surface area contributed by atoms with Gasteiger partial charge in [-0.2, -0.15) is 0 Å². The number of ether oxygens (including phenoxy) is 2. The fraction of sp³-hybridized carbons (Fsp3) is 0.833. The summed E-state index contributed by atoms with van der Waals surface area (Å²) in [6.07, 6.45) is 2.44. The van der Waals surface area contributed by atoms with E-state index in [1.807, 2.05) is 4.90 Å². The largest absolute Gasteiger partial charge is 0.469 e. The number of hydrogen-bond acceptors (Lipinski definition) is 5. The van der Waals surface area contributed by atoms with Gasteiger partial charge in [-0.05, 0) is 12.8 Å². The normalized spacial score (nSPS) is 14.6. The van der Waals surface area contributed by atoms with E-state index in [1.165, 1.54) is 7.11 Å². The molecule has 1 fully saturated rings. The van der Waals surface area contributed by atoms with Crippen molar-refractivity contribution in [3.05, 3.63) is 0 Å². The lowest BCUT2D eigenvalue weighted by atomic mass is 10.3. The van der Waals surface area contributed by atoms with Crippen LogP contribution in [0, 0.1) is 0 Å². The zero-order valence-electron chi connectivity index (χ0n) is 11.1. The van der Waals surface area contributed by atoms with E-state index in [1.54, 1.807) is 7.11 Å². The van der Waals surface area contributed by atoms with Crippen LogP contribution in [0.2, 0.25) is 0 Å². The van der Waals surface area contributed by atoms with E-state index in [0.29, 0.717) is 32.3 Å². The topological polar surface area (TPSA) is 67.9 Å². The Kier molecular flexibility index (Phi) is 6.67. The lowest BCUT2D eigenvalue weighted by Gasteiger charge is -2.20. The third kappa shape index (κ3) is 6.56. The summed E-state index contributed by atoms with van der Waals surface area (Å²) in [6, 6.07) is 0.363. The van der Waals surface area contributed by atoms with Crippen LogP contribution in [0.15, 0.2) is 0 Å². The van der Waals surface area contributed by atoms with Gasteiger partial charge in [-0.3, -0.25) is 14.5 Å². The molecule has 0 spiro atoms. The quantitative estimate of drug-likeness (QED) is 0.579. The first kappa shape index (κ1) is 14.9. The van der Waals surface area contributed by atoms with E-state index in [2.05, 4.69) is 10.1 Å². The Bertz CT molecular complexity index is 279. The molecule has 0 atom stereocenters. The van der Waals surface area contributed by atoms with Gasteiger partial charge in [-0.25, -0.2) is 0 Å². The Morgan fingerprint density at radius 3 is 2.56 bits per heavy atom. The van der Waals surface area contributed by atoms with Gasteiger partial charge >= 0.3 is 5.97 Å². The average molecular weight is 258 g/mol. The number of methoxy groups -OCH3 is 2. The summed E-state index contributed by atoms with van der Waals surface area (Å²) in [7, 11) is 2.98. The predicted molar refractivity (Wildman–Crippen MR) is 66.1 cm³/mol. The van der Waals surface area contributed by atoms with E-state index in [-0.39, 0.29) is 18.3 Å². The molecule has 0 aromatic carbocycles. The van der Waals surface area contributed by atoms with E-state index >= 15 is 0 Å². The molecule has 0 aliphatic heterocycles. The van der Waals surface area contributed by atoms with Crippen molar-refractivity contribution in [3.63, 3.8) is 0 Å². The van der Waals surface area contributed by atoms with Crippen molar-refractivity contribution >= 4 is 11.9 Å². The Labute approximate surface area is 108 Å². The molecule has 0 unspecified atom stereocenters. The highest BCUT2D eigenvalue weighted by molar-refractivity contribution is 5.78. The number of hydrogen-bond donors (Lipinski definition) is 1. The zero-order valence-corrected chi connectivity index (χ0v) is 11.1. The van der Waals surface area contributed by atoms with Gasteiger partial charge in [0.05, 0.1) is 26.7 Å². The highest BCUT2D eigenvalue weighted by Gasteiger charge is 2.24. The molecule has 18 heavy (non-hydrogen) atoms. The molecule has 0 radical (unpaired) electrons. The second kappa shape index (κ2) is 8.05. The van der Waals surface area contributed by atoms with Crippen LogP contribution in [0.5, 0.6) is 0 Å². The summed E-state index contributed by atoms with van der Waals surface area (Å²) < 4.78 is 9.58. The molecule has 6 heteroatoms. The lowest BCUT2D eigenvalue weighted by Crippen LogP contribution is -2.40. The molecule has 1 aliphatic carbocycles. The van der Waals surface area contributed by atoms with Crippen molar-refractivity contribution in [1.29, 1.82) is 0 Å². The van der Waals surface area contributed by atoms with Crippen LogP contribution >= 0.6 is 0 Å².